The van der Waals surface area contributed by atoms with Gasteiger partial charge < -0.3 is 11.5 Å². The highest BCUT2D eigenvalue weighted by Gasteiger charge is 2.03. The molecular weight excluding hydrogens is 282 g/mol. The molecule has 0 amide bonds. The van der Waals surface area contributed by atoms with E-state index in [0.717, 1.165) is 47.6 Å². The third kappa shape index (κ3) is 5.29. The van der Waals surface area contributed by atoms with E-state index in [-0.39, 0.29) is 0 Å². The zero-order valence-electron chi connectivity index (χ0n) is 13.9. The summed E-state index contributed by atoms with van der Waals surface area (Å²) in [5.41, 5.74) is 17.5. The van der Waals surface area contributed by atoms with Crippen molar-refractivity contribution in [1.82, 2.24) is 0 Å². The average Bonchev–Trinajstić information content (AvgIpc) is 2.55. The molecule has 120 valence electrons. The van der Waals surface area contributed by atoms with Crippen LogP contribution in [-0.4, -0.2) is 5.71 Å². The molecule has 3 nitrogen and oxygen atoms in total. The predicted molar refractivity (Wildman–Crippen MR) is 100 cm³/mol. The molecule has 0 aromatic heterocycles. The molecule has 3 heteroatoms. The van der Waals surface area contributed by atoms with Gasteiger partial charge in [0.05, 0.1) is 11.4 Å². The molecule has 0 saturated heterocycles. The van der Waals surface area contributed by atoms with Crippen molar-refractivity contribution in [2.24, 2.45) is 10.7 Å². The first-order chi connectivity index (χ1) is 11.1. The fourth-order valence-electron chi connectivity index (χ4n) is 2.22. The van der Waals surface area contributed by atoms with Gasteiger partial charge in [-0.2, -0.15) is 0 Å². The minimum Gasteiger partial charge on any atom is -0.402 e. The Bertz CT molecular complexity index is 680. The van der Waals surface area contributed by atoms with Crippen LogP contribution < -0.4 is 11.5 Å². The lowest BCUT2D eigenvalue weighted by Crippen LogP contribution is -2.04. The van der Waals surface area contributed by atoms with Crippen LogP contribution in [0.4, 0.5) is 11.4 Å². The quantitative estimate of drug-likeness (QED) is 0.598. The second kappa shape index (κ2) is 8.18. The van der Waals surface area contributed by atoms with Crippen LogP contribution in [0.1, 0.15) is 37.3 Å². The largest absolute Gasteiger partial charge is 0.402 e. The Morgan fingerprint density at radius 3 is 2.30 bits per heavy atom. The zero-order valence-corrected chi connectivity index (χ0v) is 13.9. The smallest absolute Gasteiger partial charge is 0.0726 e. The molecule has 0 bridgehead atoms. The van der Waals surface area contributed by atoms with Gasteiger partial charge in [0.1, 0.15) is 0 Å². The number of nitrogens with zero attached hydrogens (tertiary/aromatic N) is 1. The maximum absolute atomic E-state index is 6.17. The summed E-state index contributed by atoms with van der Waals surface area (Å²) in [5, 5.41) is 0. The van der Waals surface area contributed by atoms with Crippen LogP contribution in [0.25, 0.3) is 0 Å². The van der Waals surface area contributed by atoms with Crippen LogP contribution >= 0.6 is 0 Å². The van der Waals surface area contributed by atoms with Crippen LogP contribution in [0.5, 0.6) is 0 Å². The average molecular weight is 307 g/mol. The van der Waals surface area contributed by atoms with Crippen molar-refractivity contribution in [1.29, 1.82) is 0 Å². The second-order valence-corrected chi connectivity index (χ2v) is 5.78. The van der Waals surface area contributed by atoms with Crippen molar-refractivity contribution < 1.29 is 0 Å². The normalized spacial score (nSPS) is 12.4. The third-order valence-corrected chi connectivity index (χ3v) is 3.63. The number of allylic oxidation sites excluding steroid dienone is 2. The van der Waals surface area contributed by atoms with Gasteiger partial charge in [-0.3, -0.25) is 0 Å². The molecule has 0 fully saturated rings. The molecule has 23 heavy (non-hydrogen) atoms. The maximum atomic E-state index is 6.17. The summed E-state index contributed by atoms with van der Waals surface area (Å²) in [6.07, 6.45) is 5.09. The number of unbranched alkanes of at least 4 members (excludes halogenated alkanes) is 1. The monoisotopic (exact) mass is 307 g/mol. The van der Waals surface area contributed by atoms with Crippen molar-refractivity contribution in [3.05, 3.63) is 71.4 Å². The predicted octanol–water partition coefficient (Wildman–Crippen LogP) is 4.73. The van der Waals surface area contributed by atoms with E-state index in [0.29, 0.717) is 0 Å². The molecule has 0 unspecified atom stereocenters. The Kier molecular flexibility index (Phi) is 5.98. The Morgan fingerprint density at radius 1 is 1.04 bits per heavy atom. The topological polar surface area (TPSA) is 64.4 Å². The highest BCUT2D eigenvalue weighted by atomic mass is 14.7. The van der Waals surface area contributed by atoms with Gasteiger partial charge in [0.25, 0.3) is 0 Å². The molecule has 4 N–H and O–H groups in total. The molecule has 0 heterocycles. The van der Waals surface area contributed by atoms with Gasteiger partial charge in [-0.05, 0) is 50.1 Å². The first kappa shape index (κ1) is 16.8. The van der Waals surface area contributed by atoms with Crippen molar-refractivity contribution >= 4 is 17.1 Å². The number of anilines is 1. The van der Waals surface area contributed by atoms with E-state index in [1.54, 1.807) is 0 Å². The van der Waals surface area contributed by atoms with E-state index >= 15 is 0 Å². The number of nitrogen functional groups attached to an aromatic ring is 1. The van der Waals surface area contributed by atoms with Crippen molar-refractivity contribution in [2.45, 2.75) is 33.1 Å². The van der Waals surface area contributed by atoms with E-state index in [9.17, 15) is 0 Å². The summed E-state index contributed by atoms with van der Waals surface area (Å²) in [6.45, 7) is 4.24. The summed E-state index contributed by atoms with van der Waals surface area (Å²) >= 11 is 0. The van der Waals surface area contributed by atoms with Crippen LogP contribution in [0, 0.1) is 6.92 Å². The summed E-state index contributed by atoms with van der Waals surface area (Å²) in [6, 6.07) is 15.9. The van der Waals surface area contributed by atoms with E-state index in [1.165, 1.54) is 5.56 Å². The Labute approximate surface area is 138 Å². The molecule has 0 radical (unpaired) electrons. The van der Waals surface area contributed by atoms with Gasteiger partial charge >= 0.3 is 0 Å². The van der Waals surface area contributed by atoms with Gasteiger partial charge in [-0.15, -0.1) is 0 Å². The minimum atomic E-state index is 0.735. The van der Waals surface area contributed by atoms with E-state index in [1.807, 2.05) is 30.3 Å². The summed E-state index contributed by atoms with van der Waals surface area (Å²) in [4.78, 5) is 4.75. The fourth-order valence-corrected chi connectivity index (χ4v) is 2.22. The SMILES string of the molecule is CCCCC(N)=CC(=Nc1ccc(N)cc1)c1ccc(C)cc1. The fraction of sp³-hybridized carbons (Fsp3) is 0.250. The molecule has 0 aliphatic carbocycles. The number of rotatable bonds is 6. The molecule has 2 aromatic carbocycles. The molecule has 0 saturated carbocycles. The number of aryl methyl sites for hydroxylation is 1. The molecule has 0 spiro atoms. The summed E-state index contributed by atoms with van der Waals surface area (Å²) in [7, 11) is 0. The number of benzene rings is 2. The van der Waals surface area contributed by atoms with Crippen molar-refractivity contribution in [2.75, 3.05) is 5.73 Å². The molecule has 2 rings (SSSR count). The van der Waals surface area contributed by atoms with Crippen LogP contribution in [-0.2, 0) is 0 Å². The minimum absolute atomic E-state index is 0.735. The lowest BCUT2D eigenvalue weighted by atomic mass is 10.1. The summed E-state index contributed by atoms with van der Waals surface area (Å²) < 4.78 is 0. The molecule has 2 aromatic rings. The number of nitrogens with two attached hydrogens (primary N) is 2. The molecule has 0 aliphatic rings. The van der Waals surface area contributed by atoms with Gasteiger partial charge in [-0.1, -0.05) is 43.2 Å². The second-order valence-electron chi connectivity index (χ2n) is 5.78. The molecule has 0 aliphatic heterocycles. The van der Waals surface area contributed by atoms with E-state index in [2.05, 4.69) is 38.1 Å². The lowest BCUT2D eigenvalue weighted by Gasteiger charge is -2.06. The van der Waals surface area contributed by atoms with Crippen LogP contribution in [0.15, 0.2) is 65.3 Å². The standard InChI is InChI=1S/C20H25N3/c1-3-4-5-18(22)14-20(16-8-6-15(2)7-9-16)23-19-12-10-17(21)11-13-19/h6-14H,3-5,21-22H2,1-2H3. The maximum Gasteiger partial charge on any atom is 0.0726 e. The van der Waals surface area contributed by atoms with Crippen LogP contribution in [0.3, 0.4) is 0 Å². The van der Waals surface area contributed by atoms with E-state index in [4.69, 9.17) is 16.5 Å². The first-order valence-electron chi connectivity index (χ1n) is 8.06. The third-order valence-electron chi connectivity index (χ3n) is 3.63. The highest BCUT2D eigenvalue weighted by molar-refractivity contribution is 6.10. The van der Waals surface area contributed by atoms with Crippen molar-refractivity contribution in [3.8, 4) is 0 Å². The van der Waals surface area contributed by atoms with Gasteiger partial charge in [0, 0.05) is 16.9 Å². The van der Waals surface area contributed by atoms with E-state index < -0.39 is 0 Å². The highest BCUT2D eigenvalue weighted by Crippen LogP contribution is 2.18. The molecular formula is C20H25N3. The summed E-state index contributed by atoms with van der Waals surface area (Å²) in [5.74, 6) is 0. The first-order valence-corrected chi connectivity index (χ1v) is 8.06. The number of hydrogen-bond acceptors (Lipinski definition) is 3. The Hall–Kier alpha value is -2.55. The Morgan fingerprint density at radius 2 is 1.70 bits per heavy atom. The Balaban J connectivity index is 2.38. The lowest BCUT2D eigenvalue weighted by molar-refractivity contribution is 0.782. The number of hydrogen-bond donors (Lipinski definition) is 2. The van der Waals surface area contributed by atoms with Gasteiger partial charge in [-0.25, -0.2) is 4.99 Å². The van der Waals surface area contributed by atoms with Crippen LogP contribution in [0.2, 0.25) is 0 Å². The zero-order chi connectivity index (χ0) is 16.7. The van der Waals surface area contributed by atoms with Gasteiger partial charge in [0.2, 0.25) is 0 Å². The molecule has 0 atom stereocenters. The number of aliphatic imine (C=N–C) groups is 1. The van der Waals surface area contributed by atoms with Gasteiger partial charge in [0.15, 0.2) is 0 Å². The van der Waals surface area contributed by atoms with Crippen molar-refractivity contribution in [3.63, 3.8) is 0 Å².